The smallest absolute Gasteiger partial charge is 0.146 e. The molecule has 0 aliphatic carbocycles. The molecule has 1 atom stereocenters. The second kappa shape index (κ2) is 2.80. The Labute approximate surface area is 86.4 Å². The minimum atomic E-state index is 0.0456. The van der Waals surface area contributed by atoms with Gasteiger partial charge in [0.25, 0.3) is 0 Å². The van der Waals surface area contributed by atoms with Crippen LogP contribution in [0.15, 0.2) is 18.5 Å². The monoisotopic (exact) mass is 201 g/mol. The average Bonchev–Trinajstić information content (AvgIpc) is 2.58. The van der Waals surface area contributed by atoms with Crippen LogP contribution in [0.25, 0.3) is 17.1 Å². The first kappa shape index (κ1) is 8.43. The van der Waals surface area contributed by atoms with E-state index in [1.165, 1.54) is 6.33 Å². The Morgan fingerprint density at radius 1 is 1.40 bits per heavy atom. The molecule has 5 heteroatoms. The van der Waals surface area contributed by atoms with Crippen LogP contribution in [0.4, 0.5) is 5.82 Å². The summed E-state index contributed by atoms with van der Waals surface area (Å²) in [4.78, 5) is 8.20. The van der Waals surface area contributed by atoms with E-state index in [1.54, 1.807) is 0 Å². The summed E-state index contributed by atoms with van der Waals surface area (Å²) in [5, 5.41) is 0.895. The molecule has 0 radical (unpaired) electrons. The maximum Gasteiger partial charge on any atom is 0.146 e. The third-order valence-corrected chi connectivity index (χ3v) is 2.66. The molecule has 0 fully saturated rings. The van der Waals surface area contributed by atoms with E-state index in [4.69, 9.17) is 11.5 Å². The Hall–Kier alpha value is -1.88. The molecule has 5 nitrogen and oxygen atoms in total. The highest BCUT2D eigenvalue weighted by Gasteiger charge is 2.15. The molecular formula is C10H11N5. The summed E-state index contributed by atoms with van der Waals surface area (Å²) >= 11 is 0. The third-order valence-electron chi connectivity index (χ3n) is 2.66. The van der Waals surface area contributed by atoms with Gasteiger partial charge < -0.3 is 16.0 Å². The number of hydrogen-bond acceptors (Lipinski definition) is 4. The molecule has 0 bridgehead atoms. The molecule has 1 unspecified atom stereocenters. The van der Waals surface area contributed by atoms with Gasteiger partial charge in [0.2, 0.25) is 0 Å². The van der Waals surface area contributed by atoms with Gasteiger partial charge in [-0.25, -0.2) is 9.97 Å². The molecule has 0 saturated heterocycles. The van der Waals surface area contributed by atoms with Gasteiger partial charge in [-0.2, -0.15) is 0 Å². The van der Waals surface area contributed by atoms with Gasteiger partial charge in [-0.05, 0) is 12.1 Å². The van der Waals surface area contributed by atoms with Crippen molar-refractivity contribution in [3.8, 4) is 0 Å². The maximum absolute atomic E-state index is 5.86. The van der Waals surface area contributed by atoms with Gasteiger partial charge >= 0.3 is 0 Å². The maximum atomic E-state index is 5.86. The zero-order valence-corrected chi connectivity index (χ0v) is 8.09. The first-order chi connectivity index (χ1) is 7.25. The van der Waals surface area contributed by atoms with E-state index in [2.05, 4.69) is 14.5 Å². The molecule has 0 spiro atoms. The quantitative estimate of drug-likeness (QED) is 0.645. The average molecular weight is 201 g/mol. The second-order valence-electron chi connectivity index (χ2n) is 3.70. The molecule has 76 valence electrons. The Bertz CT molecular complexity index is 554. The van der Waals surface area contributed by atoms with Gasteiger partial charge in [0, 0.05) is 18.3 Å². The first-order valence-corrected chi connectivity index (χ1v) is 4.79. The molecule has 3 rings (SSSR count). The predicted molar refractivity (Wildman–Crippen MR) is 58.9 cm³/mol. The third kappa shape index (κ3) is 1.13. The fraction of sp³-hybridized carbons (Fsp3) is 0.200. The highest BCUT2D eigenvalue weighted by molar-refractivity contribution is 5.89. The second-order valence-corrected chi connectivity index (χ2v) is 3.70. The summed E-state index contributed by atoms with van der Waals surface area (Å²) in [6.45, 7) is 0.742. The van der Waals surface area contributed by atoms with Crippen LogP contribution >= 0.6 is 0 Å². The largest absolute Gasteiger partial charge is 0.383 e. The van der Waals surface area contributed by atoms with Crippen molar-refractivity contribution in [2.75, 3.05) is 5.73 Å². The molecular weight excluding hydrogens is 190 g/mol. The molecule has 0 aromatic carbocycles. The van der Waals surface area contributed by atoms with Gasteiger partial charge in [0.1, 0.15) is 17.8 Å². The Kier molecular flexibility index (Phi) is 1.58. The minimum absolute atomic E-state index is 0.0456. The number of rotatable bonds is 0. The highest BCUT2D eigenvalue weighted by atomic mass is 15.1. The summed E-state index contributed by atoms with van der Waals surface area (Å²) < 4.78 is 2.07. The molecule has 1 aliphatic heterocycles. The molecule has 0 saturated carbocycles. The van der Waals surface area contributed by atoms with Crippen LogP contribution in [-0.2, 0) is 6.54 Å². The van der Waals surface area contributed by atoms with Gasteiger partial charge in [-0.3, -0.25) is 0 Å². The van der Waals surface area contributed by atoms with E-state index in [-0.39, 0.29) is 6.04 Å². The van der Waals surface area contributed by atoms with E-state index in [1.807, 2.05) is 18.2 Å². The topological polar surface area (TPSA) is 82.8 Å². The Morgan fingerprint density at radius 3 is 3.13 bits per heavy atom. The lowest BCUT2D eigenvalue weighted by Gasteiger charge is -2.15. The van der Waals surface area contributed by atoms with Crippen LogP contribution in [0.5, 0.6) is 0 Å². The Morgan fingerprint density at radius 2 is 2.27 bits per heavy atom. The summed E-state index contributed by atoms with van der Waals surface area (Å²) in [7, 11) is 0. The van der Waals surface area contributed by atoms with Crippen LogP contribution in [-0.4, -0.2) is 20.6 Å². The van der Waals surface area contributed by atoms with Crippen LogP contribution in [0.3, 0.4) is 0 Å². The number of aromatic nitrogens is 3. The lowest BCUT2D eigenvalue weighted by molar-refractivity contribution is 0.629. The summed E-state index contributed by atoms with van der Waals surface area (Å²) in [6, 6.07) is 2.04. The van der Waals surface area contributed by atoms with Gasteiger partial charge in [0.15, 0.2) is 0 Å². The van der Waals surface area contributed by atoms with Gasteiger partial charge in [-0.1, -0.05) is 6.08 Å². The van der Waals surface area contributed by atoms with E-state index in [0.717, 1.165) is 23.3 Å². The fourth-order valence-electron chi connectivity index (χ4n) is 1.92. The summed E-state index contributed by atoms with van der Waals surface area (Å²) in [5.41, 5.74) is 13.6. The van der Waals surface area contributed by atoms with Crippen molar-refractivity contribution in [3.63, 3.8) is 0 Å². The highest BCUT2D eigenvalue weighted by Crippen LogP contribution is 2.24. The zero-order valence-electron chi connectivity index (χ0n) is 8.09. The van der Waals surface area contributed by atoms with Crippen molar-refractivity contribution in [3.05, 3.63) is 24.2 Å². The lowest BCUT2D eigenvalue weighted by Crippen LogP contribution is -2.26. The number of anilines is 1. The van der Waals surface area contributed by atoms with Crippen LogP contribution < -0.4 is 11.5 Å². The molecule has 0 amide bonds. The number of nitrogens with two attached hydrogens (primary N) is 2. The normalized spacial score (nSPS) is 19.4. The molecule has 15 heavy (non-hydrogen) atoms. The molecule has 2 aromatic rings. The fourth-order valence-corrected chi connectivity index (χ4v) is 1.92. The van der Waals surface area contributed by atoms with Crippen molar-refractivity contribution in [2.45, 2.75) is 12.6 Å². The molecule has 1 aliphatic rings. The number of nitrogen functional groups attached to an aromatic ring is 1. The Balaban J connectivity index is 2.35. The van der Waals surface area contributed by atoms with Crippen molar-refractivity contribution >= 4 is 22.9 Å². The molecule has 2 aromatic heterocycles. The van der Waals surface area contributed by atoms with Crippen molar-refractivity contribution in [2.24, 2.45) is 5.73 Å². The summed E-state index contributed by atoms with van der Waals surface area (Å²) in [6.07, 6.45) is 5.46. The van der Waals surface area contributed by atoms with Crippen LogP contribution in [0.2, 0.25) is 0 Å². The van der Waals surface area contributed by atoms with E-state index in [0.29, 0.717) is 5.82 Å². The minimum Gasteiger partial charge on any atom is -0.383 e. The molecule has 3 heterocycles. The number of nitrogens with zero attached hydrogens (tertiary/aromatic N) is 3. The number of hydrogen-bond donors (Lipinski definition) is 2. The first-order valence-electron chi connectivity index (χ1n) is 4.79. The van der Waals surface area contributed by atoms with Gasteiger partial charge in [-0.15, -0.1) is 0 Å². The van der Waals surface area contributed by atoms with E-state index >= 15 is 0 Å². The van der Waals surface area contributed by atoms with E-state index in [9.17, 15) is 0 Å². The van der Waals surface area contributed by atoms with Crippen LogP contribution in [0.1, 0.15) is 5.69 Å². The SMILES string of the molecule is Nc1ncnc2c1cc1n2CC(N)C=C1. The van der Waals surface area contributed by atoms with E-state index < -0.39 is 0 Å². The molecule has 4 N–H and O–H groups in total. The zero-order chi connectivity index (χ0) is 10.4. The van der Waals surface area contributed by atoms with Crippen molar-refractivity contribution in [1.29, 1.82) is 0 Å². The number of fused-ring (bicyclic) bond motifs is 3. The van der Waals surface area contributed by atoms with Gasteiger partial charge in [0.05, 0.1) is 5.39 Å². The van der Waals surface area contributed by atoms with Crippen molar-refractivity contribution in [1.82, 2.24) is 14.5 Å². The lowest BCUT2D eigenvalue weighted by atomic mass is 10.2. The predicted octanol–water partition coefficient (Wildman–Crippen LogP) is 0.368. The van der Waals surface area contributed by atoms with Crippen LogP contribution in [0, 0.1) is 0 Å². The standard InChI is InChI=1S/C10H11N5/c11-6-1-2-7-3-8-9(12)13-5-14-10(8)15(7)4-6/h1-3,5-6H,4,11H2,(H2,12,13,14). The van der Waals surface area contributed by atoms with Crippen molar-refractivity contribution < 1.29 is 0 Å². The summed E-state index contributed by atoms with van der Waals surface area (Å²) in [5.74, 6) is 0.517.